The van der Waals surface area contributed by atoms with Crippen LogP contribution in [-0.2, 0) is 6.54 Å². The second kappa shape index (κ2) is 5.25. The molecule has 0 aliphatic carbocycles. The molecule has 0 radical (unpaired) electrons. The molecule has 104 valence electrons. The van der Waals surface area contributed by atoms with Crippen molar-refractivity contribution in [2.24, 2.45) is 0 Å². The minimum Gasteiger partial charge on any atom is -0.399 e. The van der Waals surface area contributed by atoms with Crippen molar-refractivity contribution in [3.8, 4) is 0 Å². The molecular weight excluding hydrogens is 270 g/mol. The molecule has 2 aromatic carbocycles. The Labute approximate surface area is 124 Å². The fourth-order valence-electron chi connectivity index (χ4n) is 2.65. The maximum Gasteiger partial charge on any atom is 0.0607 e. The van der Waals surface area contributed by atoms with Gasteiger partial charge in [0.1, 0.15) is 0 Å². The Morgan fingerprint density at radius 3 is 2.65 bits per heavy atom. The molecule has 4 heteroatoms. The first-order valence-electron chi connectivity index (χ1n) is 6.74. The molecule has 1 aliphatic rings. The monoisotopic (exact) mass is 287 g/mol. The van der Waals surface area contributed by atoms with Gasteiger partial charge in [0.15, 0.2) is 0 Å². The Morgan fingerprint density at radius 2 is 1.85 bits per heavy atom. The number of nitrogens with zero attached hydrogens (tertiary/aromatic N) is 2. The van der Waals surface area contributed by atoms with Crippen molar-refractivity contribution in [1.29, 1.82) is 0 Å². The average Bonchev–Trinajstić information content (AvgIpc) is 2.46. The highest BCUT2D eigenvalue weighted by Gasteiger charge is 2.20. The van der Waals surface area contributed by atoms with E-state index in [0.717, 1.165) is 35.9 Å². The van der Waals surface area contributed by atoms with Crippen LogP contribution in [0.25, 0.3) is 0 Å². The highest BCUT2D eigenvalue weighted by Crippen LogP contribution is 2.33. The third-order valence-corrected chi connectivity index (χ3v) is 4.14. The van der Waals surface area contributed by atoms with Crippen molar-refractivity contribution in [2.75, 3.05) is 35.7 Å². The van der Waals surface area contributed by atoms with Gasteiger partial charge in [0.2, 0.25) is 0 Å². The van der Waals surface area contributed by atoms with Gasteiger partial charge in [-0.25, -0.2) is 0 Å². The zero-order valence-electron chi connectivity index (χ0n) is 11.5. The lowest BCUT2D eigenvalue weighted by molar-refractivity contribution is 0.735. The average molecular weight is 288 g/mol. The van der Waals surface area contributed by atoms with Crippen LogP contribution in [0.15, 0.2) is 42.5 Å². The molecule has 1 heterocycles. The molecule has 0 spiro atoms. The standard InChI is InChI=1S/C16H18ClN3/c1-19-8-9-20(16-5-3-2-4-15(16)19)11-12-10-13(18)6-7-14(12)17/h2-7,10H,8-9,11,18H2,1H3. The molecule has 0 aromatic heterocycles. The number of benzene rings is 2. The predicted octanol–water partition coefficient (Wildman–Crippen LogP) is 3.38. The lowest BCUT2D eigenvalue weighted by Gasteiger charge is -2.37. The SMILES string of the molecule is CN1CCN(Cc2cc(N)ccc2Cl)c2ccccc21. The lowest BCUT2D eigenvalue weighted by Crippen LogP contribution is -2.38. The van der Waals surface area contributed by atoms with Gasteiger partial charge in [-0.05, 0) is 35.9 Å². The number of halogens is 1. The van der Waals surface area contributed by atoms with Crippen molar-refractivity contribution in [3.05, 3.63) is 53.1 Å². The third-order valence-electron chi connectivity index (χ3n) is 3.77. The van der Waals surface area contributed by atoms with Gasteiger partial charge < -0.3 is 15.5 Å². The zero-order chi connectivity index (χ0) is 14.1. The van der Waals surface area contributed by atoms with Gasteiger partial charge in [0.25, 0.3) is 0 Å². The van der Waals surface area contributed by atoms with Crippen LogP contribution in [-0.4, -0.2) is 20.1 Å². The number of rotatable bonds is 2. The molecule has 1 aliphatic heterocycles. The Kier molecular flexibility index (Phi) is 3.45. The fraction of sp³-hybridized carbons (Fsp3) is 0.250. The Balaban J connectivity index is 1.92. The van der Waals surface area contributed by atoms with Gasteiger partial charge in [-0.1, -0.05) is 23.7 Å². The second-order valence-corrected chi connectivity index (χ2v) is 5.59. The Hall–Kier alpha value is -1.87. The molecule has 0 atom stereocenters. The number of likely N-dealkylation sites (N-methyl/N-ethyl adjacent to an activating group) is 1. The molecule has 0 saturated carbocycles. The highest BCUT2D eigenvalue weighted by molar-refractivity contribution is 6.31. The Morgan fingerprint density at radius 1 is 1.10 bits per heavy atom. The van der Waals surface area contributed by atoms with E-state index < -0.39 is 0 Å². The summed E-state index contributed by atoms with van der Waals surface area (Å²) in [5, 5.41) is 0.774. The molecule has 20 heavy (non-hydrogen) atoms. The molecular formula is C16H18ClN3. The predicted molar refractivity (Wildman–Crippen MR) is 86.6 cm³/mol. The first-order valence-corrected chi connectivity index (χ1v) is 7.12. The summed E-state index contributed by atoms with van der Waals surface area (Å²) in [6.45, 7) is 2.78. The number of anilines is 3. The first kappa shape index (κ1) is 13.1. The maximum atomic E-state index is 6.28. The smallest absolute Gasteiger partial charge is 0.0607 e. The molecule has 0 bridgehead atoms. The molecule has 0 unspecified atom stereocenters. The highest BCUT2D eigenvalue weighted by atomic mass is 35.5. The number of hydrogen-bond donors (Lipinski definition) is 1. The second-order valence-electron chi connectivity index (χ2n) is 5.18. The van der Waals surface area contributed by atoms with Crippen molar-refractivity contribution in [1.82, 2.24) is 0 Å². The number of fused-ring (bicyclic) bond motifs is 1. The fourth-order valence-corrected chi connectivity index (χ4v) is 2.83. The van der Waals surface area contributed by atoms with Gasteiger partial charge in [-0.2, -0.15) is 0 Å². The van der Waals surface area contributed by atoms with Gasteiger partial charge in [-0.15, -0.1) is 0 Å². The number of nitrogens with two attached hydrogens (primary N) is 1. The van der Waals surface area contributed by atoms with E-state index in [2.05, 4.69) is 41.1 Å². The molecule has 3 rings (SSSR count). The van der Waals surface area contributed by atoms with Crippen LogP contribution in [0.1, 0.15) is 5.56 Å². The van der Waals surface area contributed by atoms with Gasteiger partial charge in [0, 0.05) is 37.4 Å². The van der Waals surface area contributed by atoms with E-state index in [9.17, 15) is 0 Å². The van der Waals surface area contributed by atoms with E-state index >= 15 is 0 Å². The van der Waals surface area contributed by atoms with Gasteiger partial charge in [-0.3, -0.25) is 0 Å². The van der Waals surface area contributed by atoms with E-state index in [-0.39, 0.29) is 0 Å². The van der Waals surface area contributed by atoms with E-state index in [0.29, 0.717) is 0 Å². The summed E-state index contributed by atoms with van der Waals surface area (Å²) < 4.78 is 0. The van der Waals surface area contributed by atoms with Crippen LogP contribution >= 0.6 is 11.6 Å². The minimum atomic E-state index is 0.756. The van der Waals surface area contributed by atoms with Crippen LogP contribution in [0, 0.1) is 0 Å². The summed E-state index contributed by atoms with van der Waals surface area (Å²) in [7, 11) is 2.13. The van der Waals surface area contributed by atoms with E-state index in [1.807, 2.05) is 18.2 Å². The number of hydrogen-bond acceptors (Lipinski definition) is 3. The van der Waals surface area contributed by atoms with Crippen LogP contribution in [0.5, 0.6) is 0 Å². The number of nitrogen functional groups attached to an aromatic ring is 1. The molecule has 2 aromatic rings. The van der Waals surface area contributed by atoms with E-state index in [1.54, 1.807) is 0 Å². The zero-order valence-corrected chi connectivity index (χ0v) is 12.3. The van der Waals surface area contributed by atoms with Crippen LogP contribution < -0.4 is 15.5 Å². The van der Waals surface area contributed by atoms with Crippen LogP contribution in [0.4, 0.5) is 17.1 Å². The minimum absolute atomic E-state index is 0.756. The molecule has 0 saturated heterocycles. The van der Waals surface area contributed by atoms with E-state index in [1.165, 1.54) is 11.4 Å². The van der Waals surface area contributed by atoms with Crippen molar-refractivity contribution >= 4 is 28.7 Å². The summed E-state index contributed by atoms with van der Waals surface area (Å²) in [6.07, 6.45) is 0. The largest absolute Gasteiger partial charge is 0.399 e. The topological polar surface area (TPSA) is 32.5 Å². The van der Waals surface area contributed by atoms with E-state index in [4.69, 9.17) is 17.3 Å². The van der Waals surface area contributed by atoms with Crippen molar-refractivity contribution in [2.45, 2.75) is 6.54 Å². The summed E-state index contributed by atoms with van der Waals surface area (Å²) in [4.78, 5) is 4.64. The third kappa shape index (κ3) is 2.41. The summed E-state index contributed by atoms with van der Waals surface area (Å²) in [6, 6.07) is 14.1. The van der Waals surface area contributed by atoms with Gasteiger partial charge in [0.05, 0.1) is 11.4 Å². The molecule has 2 N–H and O–H groups in total. The van der Waals surface area contributed by atoms with Crippen LogP contribution in [0.3, 0.4) is 0 Å². The molecule has 3 nitrogen and oxygen atoms in total. The summed E-state index contributed by atoms with van der Waals surface area (Å²) in [5.41, 5.74) is 10.2. The lowest BCUT2D eigenvalue weighted by atomic mass is 10.1. The number of para-hydroxylation sites is 2. The normalized spacial score (nSPS) is 14.3. The Bertz CT molecular complexity index is 627. The molecule has 0 fully saturated rings. The van der Waals surface area contributed by atoms with Crippen molar-refractivity contribution in [3.63, 3.8) is 0 Å². The summed E-state index contributed by atoms with van der Waals surface area (Å²) >= 11 is 6.28. The quantitative estimate of drug-likeness (QED) is 0.860. The van der Waals surface area contributed by atoms with Crippen LogP contribution in [0.2, 0.25) is 5.02 Å². The van der Waals surface area contributed by atoms with Gasteiger partial charge >= 0.3 is 0 Å². The maximum absolute atomic E-state index is 6.28. The summed E-state index contributed by atoms with van der Waals surface area (Å²) in [5.74, 6) is 0. The molecule has 0 amide bonds. The van der Waals surface area contributed by atoms with Crippen molar-refractivity contribution < 1.29 is 0 Å². The first-order chi connectivity index (χ1) is 9.65.